The predicted octanol–water partition coefficient (Wildman–Crippen LogP) is 3.09. The summed E-state index contributed by atoms with van der Waals surface area (Å²) < 4.78 is 15.9. The SMILES string of the molecule is CC(=O)c1c(C)oc(NC(=O)COc2ccc3c(C)cc(=O)oc3c2)c1C#N. The van der Waals surface area contributed by atoms with E-state index >= 15 is 0 Å². The number of Topliss-reactive ketones (excluding diaryl/α,β-unsaturated/α-hetero) is 1. The van der Waals surface area contributed by atoms with E-state index in [-0.39, 0.29) is 35.2 Å². The smallest absolute Gasteiger partial charge is 0.336 e. The van der Waals surface area contributed by atoms with Crippen LogP contribution >= 0.6 is 0 Å². The number of aryl methyl sites for hydroxylation is 2. The summed E-state index contributed by atoms with van der Waals surface area (Å²) >= 11 is 0. The van der Waals surface area contributed by atoms with E-state index in [9.17, 15) is 19.6 Å². The third-order valence-electron chi connectivity index (χ3n) is 4.09. The normalized spacial score (nSPS) is 10.5. The number of ether oxygens (including phenoxy) is 1. The van der Waals surface area contributed by atoms with Gasteiger partial charge in [0.25, 0.3) is 5.91 Å². The number of nitrogens with zero attached hydrogens (tertiary/aromatic N) is 1. The van der Waals surface area contributed by atoms with Gasteiger partial charge in [-0.2, -0.15) is 5.26 Å². The number of furan rings is 1. The Kier molecular flexibility index (Phi) is 5.00. The van der Waals surface area contributed by atoms with E-state index in [1.165, 1.54) is 26.0 Å². The van der Waals surface area contributed by atoms with Crippen LogP contribution in [-0.2, 0) is 4.79 Å². The van der Waals surface area contributed by atoms with Crippen LogP contribution in [0.25, 0.3) is 11.0 Å². The zero-order valence-electron chi connectivity index (χ0n) is 15.4. The molecule has 2 aromatic heterocycles. The van der Waals surface area contributed by atoms with Gasteiger partial charge in [0.1, 0.15) is 28.7 Å². The van der Waals surface area contributed by atoms with Gasteiger partial charge in [0.2, 0.25) is 5.88 Å². The van der Waals surface area contributed by atoms with Crippen molar-refractivity contribution in [2.24, 2.45) is 0 Å². The van der Waals surface area contributed by atoms with E-state index in [1.54, 1.807) is 19.1 Å². The Balaban J connectivity index is 1.74. The first kappa shape index (κ1) is 18.9. The number of ketones is 1. The molecule has 0 fully saturated rings. The molecule has 0 bridgehead atoms. The van der Waals surface area contributed by atoms with Crippen molar-refractivity contribution in [2.75, 3.05) is 11.9 Å². The molecular weight excluding hydrogens is 364 g/mol. The van der Waals surface area contributed by atoms with Gasteiger partial charge >= 0.3 is 5.63 Å². The maximum Gasteiger partial charge on any atom is 0.336 e. The van der Waals surface area contributed by atoms with Crippen LogP contribution < -0.4 is 15.7 Å². The maximum absolute atomic E-state index is 12.2. The number of anilines is 1. The maximum atomic E-state index is 12.2. The van der Waals surface area contributed by atoms with Crippen LogP contribution in [0.2, 0.25) is 0 Å². The van der Waals surface area contributed by atoms with Crippen molar-refractivity contribution in [3.05, 3.63) is 57.1 Å². The molecule has 0 spiro atoms. The average molecular weight is 380 g/mol. The van der Waals surface area contributed by atoms with Crippen molar-refractivity contribution >= 4 is 28.5 Å². The number of carbonyl (C=O) groups is 2. The predicted molar refractivity (Wildman–Crippen MR) is 99.5 cm³/mol. The lowest BCUT2D eigenvalue weighted by atomic mass is 10.1. The van der Waals surface area contributed by atoms with Gasteiger partial charge in [-0.25, -0.2) is 4.79 Å². The van der Waals surface area contributed by atoms with Crippen LogP contribution in [0, 0.1) is 25.2 Å². The van der Waals surface area contributed by atoms with Gasteiger partial charge in [0.15, 0.2) is 12.4 Å². The average Bonchev–Trinajstić information content (AvgIpc) is 2.94. The standard InChI is InChI=1S/C20H16N2O6/c1-10-6-18(25)28-16-7-13(4-5-14(10)16)26-9-17(24)22-20-15(8-21)19(11(2)23)12(3)27-20/h4-7H,9H2,1-3H3,(H,22,24). The molecule has 1 aromatic carbocycles. The van der Waals surface area contributed by atoms with E-state index in [1.807, 2.05) is 6.07 Å². The van der Waals surface area contributed by atoms with E-state index in [4.69, 9.17) is 13.6 Å². The van der Waals surface area contributed by atoms with Crippen LogP contribution in [-0.4, -0.2) is 18.3 Å². The molecule has 8 nitrogen and oxygen atoms in total. The summed E-state index contributed by atoms with van der Waals surface area (Å²) in [6.45, 7) is 4.27. The molecule has 0 aliphatic rings. The lowest BCUT2D eigenvalue weighted by Gasteiger charge is -2.07. The topological polar surface area (TPSA) is 123 Å². The highest BCUT2D eigenvalue weighted by molar-refractivity contribution is 6.01. The van der Waals surface area contributed by atoms with Crippen molar-refractivity contribution in [3.63, 3.8) is 0 Å². The van der Waals surface area contributed by atoms with Gasteiger partial charge < -0.3 is 13.6 Å². The van der Waals surface area contributed by atoms with Crippen LogP contribution in [0.3, 0.4) is 0 Å². The van der Waals surface area contributed by atoms with Gasteiger partial charge in [-0.3, -0.25) is 14.9 Å². The molecule has 3 aromatic rings. The number of nitriles is 1. The minimum Gasteiger partial charge on any atom is -0.484 e. The molecule has 0 aliphatic carbocycles. The lowest BCUT2D eigenvalue weighted by molar-refractivity contribution is -0.118. The summed E-state index contributed by atoms with van der Waals surface area (Å²) in [7, 11) is 0. The summed E-state index contributed by atoms with van der Waals surface area (Å²) in [6.07, 6.45) is 0. The minimum absolute atomic E-state index is 0.0266. The molecule has 0 saturated heterocycles. The molecule has 0 saturated carbocycles. The molecular formula is C20H16N2O6. The number of carbonyl (C=O) groups excluding carboxylic acids is 2. The molecule has 0 unspecified atom stereocenters. The summed E-state index contributed by atoms with van der Waals surface area (Å²) in [5, 5.41) is 12.4. The largest absolute Gasteiger partial charge is 0.484 e. The number of rotatable bonds is 5. The fourth-order valence-corrected chi connectivity index (χ4v) is 2.87. The highest BCUT2D eigenvalue weighted by Gasteiger charge is 2.22. The number of hydrogen-bond donors (Lipinski definition) is 1. The summed E-state index contributed by atoms with van der Waals surface area (Å²) in [4.78, 5) is 35.3. The highest BCUT2D eigenvalue weighted by atomic mass is 16.5. The van der Waals surface area contributed by atoms with E-state index in [2.05, 4.69) is 5.32 Å². The molecule has 0 aliphatic heterocycles. The number of hydrogen-bond acceptors (Lipinski definition) is 7. The van der Waals surface area contributed by atoms with Crippen molar-refractivity contribution in [2.45, 2.75) is 20.8 Å². The van der Waals surface area contributed by atoms with Crippen molar-refractivity contribution in [1.29, 1.82) is 5.26 Å². The fraction of sp³-hybridized carbons (Fsp3) is 0.200. The second kappa shape index (κ2) is 7.40. The van der Waals surface area contributed by atoms with Crippen molar-refractivity contribution in [3.8, 4) is 11.8 Å². The van der Waals surface area contributed by atoms with Gasteiger partial charge in [0, 0.05) is 17.5 Å². The second-order valence-electron chi connectivity index (χ2n) is 6.15. The summed E-state index contributed by atoms with van der Waals surface area (Å²) in [5.41, 5.74) is 0.759. The molecule has 142 valence electrons. The Morgan fingerprint density at radius 2 is 1.96 bits per heavy atom. The van der Waals surface area contributed by atoms with E-state index < -0.39 is 11.5 Å². The molecule has 2 heterocycles. The van der Waals surface area contributed by atoms with Crippen molar-refractivity contribution < 1.29 is 23.2 Å². The molecule has 0 radical (unpaired) electrons. The van der Waals surface area contributed by atoms with E-state index in [0.717, 1.165) is 10.9 Å². The Morgan fingerprint density at radius 1 is 1.21 bits per heavy atom. The van der Waals surface area contributed by atoms with E-state index in [0.29, 0.717) is 11.3 Å². The van der Waals surface area contributed by atoms with Crippen LogP contribution in [0.1, 0.15) is 34.2 Å². The zero-order valence-corrected chi connectivity index (χ0v) is 15.4. The third kappa shape index (κ3) is 3.64. The molecule has 0 atom stereocenters. The first-order valence-corrected chi connectivity index (χ1v) is 8.31. The second-order valence-corrected chi connectivity index (χ2v) is 6.15. The van der Waals surface area contributed by atoms with Crippen LogP contribution in [0.15, 0.2) is 37.9 Å². The van der Waals surface area contributed by atoms with Crippen LogP contribution in [0.4, 0.5) is 5.88 Å². The quantitative estimate of drug-likeness (QED) is 0.533. The van der Waals surface area contributed by atoms with Gasteiger partial charge in [0.05, 0.1) is 5.56 Å². The number of benzene rings is 1. The Labute approximate surface area is 159 Å². The summed E-state index contributed by atoms with van der Waals surface area (Å²) in [6, 6.07) is 8.15. The fourth-order valence-electron chi connectivity index (χ4n) is 2.87. The van der Waals surface area contributed by atoms with Crippen LogP contribution in [0.5, 0.6) is 5.75 Å². The molecule has 3 rings (SSSR count). The molecule has 1 N–H and O–H groups in total. The number of nitrogens with one attached hydrogen (secondary N) is 1. The van der Waals surface area contributed by atoms with Crippen molar-refractivity contribution in [1.82, 2.24) is 0 Å². The third-order valence-corrected chi connectivity index (χ3v) is 4.09. The minimum atomic E-state index is -0.578. The molecule has 28 heavy (non-hydrogen) atoms. The monoisotopic (exact) mass is 380 g/mol. The molecule has 8 heteroatoms. The van der Waals surface area contributed by atoms with Gasteiger partial charge in [-0.05, 0) is 38.5 Å². The lowest BCUT2D eigenvalue weighted by Crippen LogP contribution is -2.20. The highest BCUT2D eigenvalue weighted by Crippen LogP contribution is 2.27. The first-order valence-electron chi connectivity index (χ1n) is 8.31. The first-order chi connectivity index (χ1) is 13.3. The molecule has 1 amide bonds. The Morgan fingerprint density at radius 3 is 2.64 bits per heavy atom. The Hall–Kier alpha value is -3.86. The number of fused-ring (bicyclic) bond motifs is 1. The number of amides is 1. The van der Waals surface area contributed by atoms with Gasteiger partial charge in [-0.15, -0.1) is 0 Å². The zero-order chi connectivity index (χ0) is 20.4. The Bertz CT molecular complexity index is 1200. The van der Waals surface area contributed by atoms with Gasteiger partial charge in [-0.1, -0.05) is 0 Å². The summed E-state index contributed by atoms with van der Waals surface area (Å²) in [5.74, 6) is -0.426.